The standard InChI is InChI=1S/C12H22O/c1-9(12(2,3)4)11(13)8-10-6-5-7-10/h9-10H,5-8H2,1-4H3. The fraction of sp³-hybridized carbons (Fsp3) is 0.917. The Morgan fingerprint density at radius 2 is 1.92 bits per heavy atom. The lowest BCUT2D eigenvalue weighted by atomic mass is 9.74. The molecule has 0 bridgehead atoms. The zero-order valence-corrected chi connectivity index (χ0v) is 9.39. The van der Waals surface area contributed by atoms with Crippen LogP contribution in [0.25, 0.3) is 0 Å². The van der Waals surface area contributed by atoms with Crippen LogP contribution in [0.1, 0.15) is 53.4 Å². The predicted molar refractivity (Wildman–Crippen MR) is 55.6 cm³/mol. The van der Waals surface area contributed by atoms with Crippen molar-refractivity contribution in [2.24, 2.45) is 17.3 Å². The van der Waals surface area contributed by atoms with Gasteiger partial charge in [0.25, 0.3) is 0 Å². The van der Waals surface area contributed by atoms with Crippen molar-refractivity contribution in [2.75, 3.05) is 0 Å². The molecule has 1 rings (SSSR count). The van der Waals surface area contributed by atoms with Crippen molar-refractivity contribution in [2.45, 2.75) is 53.4 Å². The van der Waals surface area contributed by atoms with Crippen LogP contribution in [0.2, 0.25) is 0 Å². The highest BCUT2D eigenvalue weighted by Gasteiger charge is 2.29. The van der Waals surface area contributed by atoms with Crippen LogP contribution >= 0.6 is 0 Å². The predicted octanol–water partition coefficient (Wildman–Crippen LogP) is 3.43. The van der Waals surface area contributed by atoms with Crippen LogP contribution in [0, 0.1) is 17.3 Å². The molecule has 0 aliphatic heterocycles. The van der Waals surface area contributed by atoms with Crippen molar-refractivity contribution in [1.29, 1.82) is 0 Å². The Bertz CT molecular complexity index is 184. The molecular weight excluding hydrogens is 160 g/mol. The maximum absolute atomic E-state index is 11.8. The van der Waals surface area contributed by atoms with Gasteiger partial charge in [-0.1, -0.05) is 47.0 Å². The van der Waals surface area contributed by atoms with Gasteiger partial charge in [0.1, 0.15) is 5.78 Å². The van der Waals surface area contributed by atoms with Crippen LogP contribution in [-0.4, -0.2) is 5.78 Å². The summed E-state index contributed by atoms with van der Waals surface area (Å²) in [6, 6.07) is 0. The summed E-state index contributed by atoms with van der Waals surface area (Å²) < 4.78 is 0. The molecule has 0 aromatic heterocycles. The fourth-order valence-corrected chi connectivity index (χ4v) is 1.64. The molecule has 0 radical (unpaired) electrons. The van der Waals surface area contributed by atoms with E-state index < -0.39 is 0 Å². The maximum Gasteiger partial charge on any atom is 0.136 e. The topological polar surface area (TPSA) is 17.1 Å². The second kappa shape index (κ2) is 3.81. The van der Waals surface area contributed by atoms with E-state index in [-0.39, 0.29) is 11.3 Å². The first-order valence-corrected chi connectivity index (χ1v) is 5.44. The Morgan fingerprint density at radius 1 is 1.38 bits per heavy atom. The minimum Gasteiger partial charge on any atom is -0.299 e. The molecule has 1 saturated carbocycles. The lowest BCUT2D eigenvalue weighted by Crippen LogP contribution is -2.28. The van der Waals surface area contributed by atoms with Gasteiger partial charge in [-0.25, -0.2) is 0 Å². The van der Waals surface area contributed by atoms with Gasteiger partial charge in [-0.05, 0) is 11.3 Å². The Labute approximate surface area is 81.9 Å². The van der Waals surface area contributed by atoms with E-state index in [0.717, 1.165) is 12.3 Å². The molecule has 0 heterocycles. The smallest absolute Gasteiger partial charge is 0.136 e. The van der Waals surface area contributed by atoms with Crippen molar-refractivity contribution in [3.8, 4) is 0 Å². The van der Waals surface area contributed by atoms with Gasteiger partial charge in [0.2, 0.25) is 0 Å². The van der Waals surface area contributed by atoms with Gasteiger partial charge in [-0.15, -0.1) is 0 Å². The maximum atomic E-state index is 11.8. The van der Waals surface area contributed by atoms with Crippen molar-refractivity contribution in [3.05, 3.63) is 0 Å². The summed E-state index contributed by atoms with van der Waals surface area (Å²) in [6.07, 6.45) is 4.73. The molecule has 1 aliphatic rings. The van der Waals surface area contributed by atoms with Gasteiger partial charge in [-0.3, -0.25) is 4.79 Å². The zero-order valence-electron chi connectivity index (χ0n) is 9.39. The number of rotatable bonds is 3. The molecule has 0 saturated heterocycles. The molecule has 1 unspecified atom stereocenters. The Morgan fingerprint density at radius 3 is 2.23 bits per heavy atom. The number of Topliss-reactive ketones (excluding diaryl/α,β-unsaturated/α-hetero) is 1. The molecule has 76 valence electrons. The summed E-state index contributed by atoms with van der Waals surface area (Å²) in [5, 5.41) is 0. The van der Waals surface area contributed by atoms with E-state index in [0.29, 0.717) is 5.78 Å². The molecule has 0 aromatic carbocycles. The van der Waals surface area contributed by atoms with E-state index in [4.69, 9.17) is 0 Å². The van der Waals surface area contributed by atoms with Crippen LogP contribution < -0.4 is 0 Å². The molecule has 1 fully saturated rings. The number of hydrogen-bond acceptors (Lipinski definition) is 1. The van der Waals surface area contributed by atoms with Gasteiger partial charge >= 0.3 is 0 Å². The highest BCUT2D eigenvalue weighted by molar-refractivity contribution is 5.81. The van der Waals surface area contributed by atoms with Gasteiger partial charge in [0.05, 0.1) is 0 Å². The van der Waals surface area contributed by atoms with Gasteiger partial charge in [0, 0.05) is 12.3 Å². The normalized spacial score (nSPS) is 20.9. The molecular formula is C12H22O. The summed E-state index contributed by atoms with van der Waals surface area (Å²) in [7, 11) is 0. The number of carbonyl (C=O) groups excluding carboxylic acids is 1. The number of ketones is 1. The SMILES string of the molecule is CC(C(=O)CC1CCC1)C(C)(C)C. The summed E-state index contributed by atoms with van der Waals surface area (Å²) >= 11 is 0. The number of carbonyl (C=O) groups is 1. The van der Waals surface area contributed by atoms with Crippen LogP contribution in [0.5, 0.6) is 0 Å². The molecule has 1 nitrogen and oxygen atoms in total. The average Bonchev–Trinajstić information content (AvgIpc) is 1.93. The molecule has 0 aromatic rings. The molecule has 1 heteroatoms. The largest absolute Gasteiger partial charge is 0.299 e. The summed E-state index contributed by atoms with van der Waals surface area (Å²) in [5.41, 5.74) is 0.140. The average molecular weight is 182 g/mol. The second-order valence-corrected chi connectivity index (χ2v) is 5.56. The lowest BCUT2D eigenvalue weighted by Gasteiger charge is -2.30. The van der Waals surface area contributed by atoms with E-state index in [1.165, 1.54) is 19.3 Å². The molecule has 0 spiro atoms. The Kier molecular flexibility index (Phi) is 3.15. The van der Waals surface area contributed by atoms with Crippen molar-refractivity contribution in [3.63, 3.8) is 0 Å². The fourth-order valence-electron chi connectivity index (χ4n) is 1.64. The van der Waals surface area contributed by atoms with Gasteiger partial charge in [-0.2, -0.15) is 0 Å². The first-order valence-electron chi connectivity index (χ1n) is 5.44. The monoisotopic (exact) mass is 182 g/mol. The Hall–Kier alpha value is -0.330. The molecule has 0 amide bonds. The van der Waals surface area contributed by atoms with Crippen LogP contribution in [-0.2, 0) is 4.79 Å². The first kappa shape index (κ1) is 10.7. The minimum atomic E-state index is 0.140. The third kappa shape index (κ3) is 2.82. The first-order chi connectivity index (χ1) is 5.91. The molecule has 1 aliphatic carbocycles. The number of hydrogen-bond donors (Lipinski definition) is 0. The van der Waals surface area contributed by atoms with Gasteiger partial charge in [0.15, 0.2) is 0 Å². The molecule has 13 heavy (non-hydrogen) atoms. The highest BCUT2D eigenvalue weighted by Crippen LogP contribution is 2.33. The summed E-state index contributed by atoms with van der Waals surface area (Å²) in [5.74, 6) is 1.41. The van der Waals surface area contributed by atoms with Crippen molar-refractivity contribution >= 4 is 5.78 Å². The Balaban J connectivity index is 2.37. The summed E-state index contributed by atoms with van der Waals surface area (Å²) in [6.45, 7) is 8.52. The minimum absolute atomic E-state index is 0.140. The quantitative estimate of drug-likeness (QED) is 0.653. The molecule has 0 N–H and O–H groups in total. The molecule has 1 atom stereocenters. The van der Waals surface area contributed by atoms with E-state index in [1.807, 2.05) is 0 Å². The van der Waals surface area contributed by atoms with Crippen molar-refractivity contribution in [1.82, 2.24) is 0 Å². The van der Waals surface area contributed by atoms with Gasteiger partial charge < -0.3 is 0 Å². The third-order valence-electron chi connectivity index (χ3n) is 3.50. The summed E-state index contributed by atoms with van der Waals surface area (Å²) in [4.78, 5) is 11.8. The third-order valence-corrected chi connectivity index (χ3v) is 3.50. The second-order valence-electron chi connectivity index (χ2n) is 5.56. The highest BCUT2D eigenvalue weighted by atomic mass is 16.1. The zero-order chi connectivity index (χ0) is 10.1. The van der Waals surface area contributed by atoms with E-state index in [9.17, 15) is 4.79 Å². The van der Waals surface area contributed by atoms with E-state index >= 15 is 0 Å². The van der Waals surface area contributed by atoms with E-state index in [1.54, 1.807) is 0 Å². The van der Waals surface area contributed by atoms with Crippen LogP contribution in [0.3, 0.4) is 0 Å². The van der Waals surface area contributed by atoms with E-state index in [2.05, 4.69) is 27.7 Å². The van der Waals surface area contributed by atoms with Crippen LogP contribution in [0.4, 0.5) is 0 Å². The lowest BCUT2D eigenvalue weighted by molar-refractivity contribution is -0.126. The van der Waals surface area contributed by atoms with Crippen molar-refractivity contribution < 1.29 is 4.79 Å². The van der Waals surface area contributed by atoms with Crippen LogP contribution in [0.15, 0.2) is 0 Å².